The van der Waals surface area contributed by atoms with Gasteiger partial charge in [0, 0.05) is 38.1 Å². The molecule has 11 nitrogen and oxygen atoms in total. The molecule has 0 saturated carbocycles. The molecule has 0 rings (SSSR count). The standard InChI is InChI=1S/C10H16N2O8.Fe.H3N/c1-7(13)17-11(18-8(2)14)5-6-12(19-9(3)15)20-10(4)16;;/h5-6H2,1-4H3;;1H3/q;+2;/p+1. The summed E-state index contributed by atoms with van der Waals surface area (Å²) >= 11 is 0. The van der Waals surface area contributed by atoms with E-state index >= 15 is 0 Å². The molecule has 0 aromatic rings. The van der Waals surface area contributed by atoms with Gasteiger partial charge in [-0.1, -0.05) is 0 Å². The molecule has 0 radical (unpaired) electrons. The SMILES string of the molecule is CC(=O)ON(CCN(OC(C)=O)OC(C)=O)OC(C)=O.[Fe+2].[NH4+]. The molecule has 128 valence electrons. The molecule has 0 amide bonds. The number of quaternary nitrogens is 1. The molecule has 22 heavy (non-hydrogen) atoms. The molecule has 0 fully saturated rings. The average Bonchev–Trinajstić information content (AvgIpc) is 2.22. The van der Waals surface area contributed by atoms with Gasteiger partial charge < -0.3 is 25.5 Å². The van der Waals surface area contributed by atoms with E-state index in [0.29, 0.717) is 10.5 Å². The summed E-state index contributed by atoms with van der Waals surface area (Å²) in [5.74, 6) is -2.90. The van der Waals surface area contributed by atoms with Crippen LogP contribution in [-0.4, -0.2) is 47.4 Å². The van der Waals surface area contributed by atoms with Gasteiger partial charge in [0.25, 0.3) is 0 Å². The zero-order valence-corrected chi connectivity index (χ0v) is 14.0. The minimum Gasteiger partial charge on any atom is -0.369 e. The van der Waals surface area contributed by atoms with Gasteiger partial charge in [-0.25, -0.2) is 0 Å². The van der Waals surface area contributed by atoms with E-state index in [-0.39, 0.29) is 36.3 Å². The normalized spacial score (nSPS) is 9.18. The Morgan fingerprint density at radius 3 is 0.955 bits per heavy atom. The number of hydrogen-bond acceptors (Lipinski definition) is 10. The van der Waals surface area contributed by atoms with E-state index in [2.05, 4.69) is 19.4 Å². The molecule has 12 heteroatoms. The predicted octanol–water partition coefficient (Wildman–Crippen LogP) is -0.123. The van der Waals surface area contributed by atoms with Gasteiger partial charge in [0.2, 0.25) is 0 Å². The third kappa shape index (κ3) is 14.7. The van der Waals surface area contributed by atoms with Crippen molar-refractivity contribution >= 4 is 23.9 Å². The van der Waals surface area contributed by atoms with Crippen LogP contribution in [0.2, 0.25) is 0 Å². The molecule has 0 aliphatic heterocycles. The smallest absolute Gasteiger partial charge is 0.369 e. The summed E-state index contributed by atoms with van der Waals surface area (Å²) in [5.41, 5.74) is 0. The fraction of sp³-hybridized carbons (Fsp3) is 0.600. The van der Waals surface area contributed by atoms with Crippen LogP contribution in [0.15, 0.2) is 0 Å². The van der Waals surface area contributed by atoms with Crippen molar-refractivity contribution in [1.82, 2.24) is 16.6 Å². The van der Waals surface area contributed by atoms with E-state index in [0.717, 1.165) is 27.7 Å². The molecule has 0 aliphatic carbocycles. The summed E-state index contributed by atoms with van der Waals surface area (Å²) in [6.45, 7) is 3.97. The summed E-state index contributed by atoms with van der Waals surface area (Å²) in [6.07, 6.45) is 0. The van der Waals surface area contributed by atoms with E-state index in [1.54, 1.807) is 0 Å². The first-order valence-electron chi connectivity index (χ1n) is 5.50. The van der Waals surface area contributed by atoms with Crippen molar-refractivity contribution in [3.05, 3.63) is 0 Å². The Balaban J connectivity index is -0.00000180. The summed E-state index contributed by atoms with van der Waals surface area (Å²) in [5, 5.41) is 1.15. The first-order valence-corrected chi connectivity index (χ1v) is 5.50. The topological polar surface area (TPSA) is 148 Å². The van der Waals surface area contributed by atoms with Crippen LogP contribution < -0.4 is 6.15 Å². The summed E-state index contributed by atoms with van der Waals surface area (Å²) in [4.78, 5) is 61.4. The maximum Gasteiger partial charge on any atom is 2.00 e. The number of hydroxylamine groups is 4. The third-order valence-electron chi connectivity index (χ3n) is 1.39. The molecule has 0 aliphatic rings. The first kappa shape index (κ1) is 25.2. The zero-order chi connectivity index (χ0) is 15.7. The molecular formula is C10H20FeN3O8+3. The zero-order valence-electron chi connectivity index (χ0n) is 12.9. The molecule has 0 saturated heterocycles. The Morgan fingerprint density at radius 1 is 0.636 bits per heavy atom. The molecule has 0 atom stereocenters. The van der Waals surface area contributed by atoms with Gasteiger partial charge in [-0.3, -0.25) is 19.2 Å². The van der Waals surface area contributed by atoms with Crippen LogP contribution in [0.25, 0.3) is 0 Å². The Morgan fingerprint density at radius 2 is 0.818 bits per heavy atom. The van der Waals surface area contributed by atoms with Gasteiger partial charge in [0.15, 0.2) is 0 Å². The Bertz CT molecular complexity index is 324. The van der Waals surface area contributed by atoms with Crippen LogP contribution in [0.1, 0.15) is 27.7 Å². The largest absolute Gasteiger partial charge is 2.00 e. The monoisotopic (exact) mass is 366 g/mol. The molecule has 0 spiro atoms. The molecule has 0 bridgehead atoms. The second-order valence-corrected chi connectivity index (χ2v) is 3.44. The molecule has 0 aromatic heterocycles. The number of nitrogens with zero attached hydrogens (tertiary/aromatic N) is 2. The molecular weight excluding hydrogens is 346 g/mol. The van der Waals surface area contributed by atoms with Crippen LogP contribution in [-0.2, 0) is 55.6 Å². The van der Waals surface area contributed by atoms with Gasteiger partial charge >= 0.3 is 40.9 Å². The minimum absolute atomic E-state index is 0. The van der Waals surface area contributed by atoms with Gasteiger partial charge in [0.05, 0.1) is 13.1 Å². The Hall–Kier alpha value is -1.72. The third-order valence-corrected chi connectivity index (χ3v) is 1.39. The molecule has 0 aromatic carbocycles. The Labute approximate surface area is 137 Å². The maximum absolute atomic E-state index is 10.8. The van der Waals surface area contributed by atoms with Crippen molar-refractivity contribution in [3.63, 3.8) is 0 Å². The second-order valence-electron chi connectivity index (χ2n) is 3.44. The van der Waals surface area contributed by atoms with Gasteiger partial charge in [-0.15, -0.1) is 0 Å². The fourth-order valence-corrected chi connectivity index (χ4v) is 0.957. The van der Waals surface area contributed by atoms with Crippen LogP contribution in [0, 0.1) is 0 Å². The van der Waals surface area contributed by atoms with Crippen LogP contribution in [0.5, 0.6) is 0 Å². The summed E-state index contributed by atoms with van der Waals surface area (Å²) < 4.78 is 0. The number of hydrogen-bond donors (Lipinski definition) is 1. The fourth-order valence-electron chi connectivity index (χ4n) is 0.957. The van der Waals surface area contributed by atoms with E-state index < -0.39 is 23.9 Å². The minimum atomic E-state index is -0.724. The summed E-state index contributed by atoms with van der Waals surface area (Å²) in [6, 6.07) is 0. The number of carbonyl (C=O) groups is 4. The van der Waals surface area contributed by atoms with Crippen molar-refractivity contribution in [1.29, 1.82) is 0 Å². The van der Waals surface area contributed by atoms with Crippen LogP contribution >= 0.6 is 0 Å². The van der Waals surface area contributed by atoms with Crippen molar-refractivity contribution in [2.75, 3.05) is 13.1 Å². The quantitative estimate of drug-likeness (QED) is 0.477. The van der Waals surface area contributed by atoms with E-state index in [1.807, 2.05) is 0 Å². The number of rotatable bonds is 7. The van der Waals surface area contributed by atoms with Crippen LogP contribution in [0.3, 0.4) is 0 Å². The summed E-state index contributed by atoms with van der Waals surface area (Å²) in [7, 11) is 0. The van der Waals surface area contributed by atoms with Crippen molar-refractivity contribution in [3.8, 4) is 0 Å². The molecule has 0 unspecified atom stereocenters. The van der Waals surface area contributed by atoms with E-state index in [9.17, 15) is 19.2 Å². The van der Waals surface area contributed by atoms with E-state index in [4.69, 9.17) is 0 Å². The van der Waals surface area contributed by atoms with E-state index in [1.165, 1.54) is 0 Å². The van der Waals surface area contributed by atoms with Gasteiger partial charge in [-0.2, -0.15) is 0 Å². The molecule has 4 N–H and O–H groups in total. The Kier molecular flexibility index (Phi) is 14.9. The predicted molar refractivity (Wildman–Crippen MR) is 66.5 cm³/mol. The van der Waals surface area contributed by atoms with Gasteiger partial charge in [-0.05, 0) is 0 Å². The van der Waals surface area contributed by atoms with Crippen molar-refractivity contribution in [2.24, 2.45) is 0 Å². The second kappa shape index (κ2) is 13.0. The van der Waals surface area contributed by atoms with Crippen molar-refractivity contribution in [2.45, 2.75) is 27.7 Å². The maximum atomic E-state index is 10.8. The molecule has 0 heterocycles. The first-order chi connectivity index (χ1) is 9.20. The van der Waals surface area contributed by atoms with Gasteiger partial charge in [0.1, 0.15) is 0 Å². The number of carbonyl (C=O) groups excluding carboxylic acids is 4. The van der Waals surface area contributed by atoms with Crippen molar-refractivity contribution < 1.29 is 55.6 Å². The average molecular weight is 366 g/mol. The van der Waals surface area contributed by atoms with Crippen LogP contribution in [0.4, 0.5) is 0 Å².